The van der Waals surface area contributed by atoms with Crippen molar-refractivity contribution in [1.82, 2.24) is 24.4 Å². The third-order valence-corrected chi connectivity index (χ3v) is 8.86. The number of nitrogens with two attached hydrogens (primary N) is 1. The van der Waals surface area contributed by atoms with Crippen LogP contribution < -0.4 is 11.4 Å². The molecule has 3 N–H and O–H groups in total. The van der Waals surface area contributed by atoms with Gasteiger partial charge in [-0.3, -0.25) is 9.55 Å². The maximum absolute atomic E-state index is 14.7. The second kappa shape index (κ2) is 10.2. The summed E-state index contributed by atoms with van der Waals surface area (Å²) in [6.45, 7) is 2.69. The van der Waals surface area contributed by atoms with Gasteiger partial charge in [0.1, 0.15) is 6.10 Å². The van der Waals surface area contributed by atoms with Crippen LogP contribution in [-0.4, -0.2) is 43.6 Å². The van der Waals surface area contributed by atoms with Crippen LogP contribution in [-0.2, 0) is 4.74 Å². The third kappa shape index (κ3) is 4.61. The maximum atomic E-state index is 14.7. The number of imidazole rings is 1. The second-order valence-electron chi connectivity index (χ2n) is 10.1. The topological polar surface area (TPSA) is 119 Å². The fraction of sp³-hybridized carbons (Fsp3) is 0.407. The van der Waals surface area contributed by atoms with Crippen molar-refractivity contribution in [1.29, 1.82) is 0 Å². The number of ether oxygens (including phenoxy) is 1. The number of aromatic nitrogens is 4. The number of halogens is 2. The number of pyridine rings is 1. The number of fused-ring (bicyclic) bond motifs is 2. The maximum Gasteiger partial charge on any atom is 0.410 e. The van der Waals surface area contributed by atoms with Crippen molar-refractivity contribution in [2.75, 3.05) is 13.1 Å². The number of nitrogens with zero attached hydrogens (tertiary/aromatic N) is 4. The molecule has 1 saturated heterocycles. The van der Waals surface area contributed by atoms with Crippen molar-refractivity contribution in [3.05, 3.63) is 79.8 Å². The van der Waals surface area contributed by atoms with Crippen molar-refractivity contribution in [3.8, 4) is 0 Å². The number of benzene rings is 1. The van der Waals surface area contributed by atoms with E-state index in [-0.39, 0.29) is 17.3 Å². The number of aromatic amines is 1. The largest absolute Gasteiger partial charge is 0.440 e. The van der Waals surface area contributed by atoms with Gasteiger partial charge in [0.2, 0.25) is 0 Å². The number of thiazole rings is 1. The lowest BCUT2D eigenvalue weighted by molar-refractivity contribution is 0.0474. The number of piperidine rings is 1. The molecule has 204 valence electrons. The molecule has 4 aromatic rings. The van der Waals surface area contributed by atoms with Crippen molar-refractivity contribution >= 4 is 28.6 Å². The van der Waals surface area contributed by atoms with E-state index < -0.39 is 35.8 Å². The molecule has 3 atom stereocenters. The Balaban J connectivity index is 1.18. The molecular formula is C27H28F2N6O3S. The molecule has 3 aromatic heterocycles. The van der Waals surface area contributed by atoms with E-state index in [1.54, 1.807) is 27.8 Å². The Bertz CT molecular complexity index is 1590. The minimum Gasteiger partial charge on any atom is -0.440 e. The summed E-state index contributed by atoms with van der Waals surface area (Å²) in [5.74, 6) is -2.30. The number of H-pyrrole nitrogens is 1. The Morgan fingerprint density at radius 2 is 1.95 bits per heavy atom. The summed E-state index contributed by atoms with van der Waals surface area (Å²) in [6.07, 6.45) is 2.49. The van der Waals surface area contributed by atoms with E-state index >= 15 is 0 Å². The smallest absolute Gasteiger partial charge is 0.410 e. The third-order valence-electron chi connectivity index (χ3n) is 7.77. The summed E-state index contributed by atoms with van der Waals surface area (Å²) in [7, 11) is 0. The first kappa shape index (κ1) is 25.6. The van der Waals surface area contributed by atoms with E-state index in [0.717, 1.165) is 21.5 Å². The zero-order valence-electron chi connectivity index (χ0n) is 21.3. The molecule has 1 aliphatic carbocycles. The summed E-state index contributed by atoms with van der Waals surface area (Å²) >= 11 is 1.39. The van der Waals surface area contributed by atoms with E-state index in [1.165, 1.54) is 17.4 Å². The van der Waals surface area contributed by atoms with Crippen molar-refractivity contribution in [3.63, 3.8) is 0 Å². The molecule has 1 amide bonds. The molecule has 2 aliphatic rings. The molecular weight excluding hydrogens is 526 g/mol. The van der Waals surface area contributed by atoms with Crippen LogP contribution in [0.5, 0.6) is 0 Å². The number of hydrogen-bond donors (Lipinski definition) is 2. The normalized spacial score (nSPS) is 22.1. The SMILES string of the molecule is Cc1nc2c(s1)[C@@H](N)[C@H](c1cccc(F)c1F)CC[C@H]2OC(=O)N1CCC(n2c(=O)[nH]c3ncccc32)CC1. The lowest BCUT2D eigenvalue weighted by Gasteiger charge is -2.32. The Morgan fingerprint density at radius 1 is 1.15 bits per heavy atom. The molecule has 12 heteroatoms. The van der Waals surface area contributed by atoms with Gasteiger partial charge in [-0.15, -0.1) is 11.3 Å². The number of carbonyl (C=O) groups is 1. The number of carbonyl (C=O) groups excluding carboxylic acids is 1. The molecule has 4 heterocycles. The molecule has 0 spiro atoms. The number of hydrogen-bond acceptors (Lipinski definition) is 7. The van der Waals surface area contributed by atoms with Gasteiger partial charge >= 0.3 is 11.8 Å². The first-order valence-electron chi connectivity index (χ1n) is 13.0. The van der Waals surface area contributed by atoms with Crippen LogP contribution in [0.1, 0.15) is 70.9 Å². The summed E-state index contributed by atoms with van der Waals surface area (Å²) in [5, 5.41) is 0.760. The van der Waals surface area contributed by atoms with Crippen LogP contribution in [0.25, 0.3) is 11.2 Å². The molecule has 0 saturated carbocycles. The van der Waals surface area contributed by atoms with Gasteiger partial charge in [-0.25, -0.2) is 28.3 Å². The van der Waals surface area contributed by atoms with Gasteiger partial charge in [-0.05, 0) is 56.4 Å². The Kier molecular flexibility index (Phi) is 6.67. The van der Waals surface area contributed by atoms with Crippen LogP contribution >= 0.6 is 11.3 Å². The number of likely N-dealkylation sites (tertiary alicyclic amines) is 1. The summed E-state index contributed by atoms with van der Waals surface area (Å²) in [6, 6.07) is 7.10. The first-order chi connectivity index (χ1) is 18.8. The minimum absolute atomic E-state index is 0.0647. The fourth-order valence-corrected chi connectivity index (χ4v) is 6.90. The zero-order chi connectivity index (χ0) is 27.3. The number of rotatable bonds is 3. The first-order valence-corrected chi connectivity index (χ1v) is 13.8. The zero-order valence-corrected chi connectivity index (χ0v) is 22.1. The standard InChI is InChI=1S/C27H28F2N6O3S/c1-14-32-23-20(8-7-17(22(30)24(23)39-14)16-4-2-5-18(28)21(16)29)38-27(37)34-12-9-15(10-13-34)35-19-6-3-11-31-25(19)33-26(35)36/h2-6,11,15,17,20,22H,7-10,12-13,30H2,1H3,(H,31,33,36)/t17-,20+,22-/m0/s1. The van der Waals surface area contributed by atoms with Crippen molar-refractivity contribution in [2.45, 2.75) is 56.7 Å². The van der Waals surface area contributed by atoms with Crippen LogP contribution in [0.15, 0.2) is 41.3 Å². The van der Waals surface area contributed by atoms with Gasteiger partial charge in [0.15, 0.2) is 17.3 Å². The van der Waals surface area contributed by atoms with E-state index in [1.807, 2.05) is 13.0 Å². The molecule has 0 unspecified atom stereocenters. The van der Waals surface area contributed by atoms with E-state index in [4.69, 9.17) is 10.5 Å². The van der Waals surface area contributed by atoms with Gasteiger partial charge in [-0.1, -0.05) is 12.1 Å². The average molecular weight is 555 g/mol. The number of nitrogens with one attached hydrogen (secondary N) is 1. The predicted octanol–water partition coefficient (Wildman–Crippen LogP) is 4.86. The Morgan fingerprint density at radius 3 is 2.74 bits per heavy atom. The van der Waals surface area contributed by atoms with E-state index in [0.29, 0.717) is 50.1 Å². The Hall–Kier alpha value is -3.64. The summed E-state index contributed by atoms with van der Waals surface area (Å²) < 4.78 is 36.4. The van der Waals surface area contributed by atoms with E-state index in [9.17, 15) is 18.4 Å². The monoisotopic (exact) mass is 554 g/mol. The van der Waals surface area contributed by atoms with Crippen LogP contribution in [0, 0.1) is 18.6 Å². The van der Waals surface area contributed by atoms with Crippen LogP contribution in [0.3, 0.4) is 0 Å². The van der Waals surface area contributed by atoms with Crippen LogP contribution in [0.2, 0.25) is 0 Å². The minimum atomic E-state index is -0.915. The summed E-state index contributed by atoms with van der Waals surface area (Å²) in [4.78, 5) is 39.8. The predicted molar refractivity (Wildman–Crippen MR) is 142 cm³/mol. The molecule has 9 nitrogen and oxygen atoms in total. The molecule has 1 aliphatic heterocycles. The number of amides is 1. The quantitative estimate of drug-likeness (QED) is 0.349. The molecule has 39 heavy (non-hydrogen) atoms. The van der Waals surface area contributed by atoms with Gasteiger partial charge in [0, 0.05) is 42.2 Å². The van der Waals surface area contributed by atoms with Gasteiger partial charge in [0.25, 0.3) is 0 Å². The highest BCUT2D eigenvalue weighted by atomic mass is 32.1. The lowest BCUT2D eigenvalue weighted by atomic mass is 9.88. The molecule has 0 radical (unpaired) electrons. The molecule has 0 bridgehead atoms. The van der Waals surface area contributed by atoms with Gasteiger partial charge in [0.05, 0.1) is 16.2 Å². The Labute approximate surface area is 226 Å². The van der Waals surface area contributed by atoms with Gasteiger partial charge in [-0.2, -0.15) is 0 Å². The number of aryl methyl sites for hydroxylation is 1. The lowest BCUT2D eigenvalue weighted by Crippen LogP contribution is -2.41. The van der Waals surface area contributed by atoms with Crippen LogP contribution in [0.4, 0.5) is 13.6 Å². The highest BCUT2D eigenvalue weighted by Gasteiger charge is 2.37. The van der Waals surface area contributed by atoms with Crippen molar-refractivity contribution in [2.24, 2.45) is 5.73 Å². The molecule has 6 rings (SSSR count). The van der Waals surface area contributed by atoms with Gasteiger partial charge < -0.3 is 15.4 Å². The highest BCUT2D eigenvalue weighted by Crippen LogP contribution is 2.46. The summed E-state index contributed by atoms with van der Waals surface area (Å²) in [5.41, 5.74) is 8.48. The highest BCUT2D eigenvalue weighted by molar-refractivity contribution is 7.11. The molecule has 1 fully saturated rings. The van der Waals surface area contributed by atoms with E-state index in [2.05, 4.69) is 15.0 Å². The average Bonchev–Trinajstić information content (AvgIpc) is 3.45. The second-order valence-corrected chi connectivity index (χ2v) is 11.3. The van der Waals surface area contributed by atoms with Crippen molar-refractivity contribution < 1.29 is 18.3 Å². The fourth-order valence-electron chi connectivity index (χ4n) is 5.85. The molecule has 1 aromatic carbocycles.